The number of carbonyl (C=O) groups excluding carboxylic acids is 1. The Kier molecular flexibility index (Phi) is 8.52. The highest BCUT2D eigenvalue weighted by Crippen LogP contribution is 2.45. The van der Waals surface area contributed by atoms with Gasteiger partial charge >= 0.3 is 0 Å². The molecule has 7 rings (SSSR count). The molecule has 0 bridgehead atoms. The van der Waals surface area contributed by atoms with Crippen molar-refractivity contribution in [3.63, 3.8) is 0 Å². The number of amides is 1. The number of fused-ring (bicyclic) bond motifs is 2. The van der Waals surface area contributed by atoms with Gasteiger partial charge in [-0.2, -0.15) is 0 Å². The number of anilines is 1. The van der Waals surface area contributed by atoms with Gasteiger partial charge in [-0.1, -0.05) is 19.9 Å². The third-order valence-corrected chi connectivity index (χ3v) is 10.2. The monoisotopic (exact) mass is 637 g/mol. The number of nitrogens with one attached hydrogen (secondary N) is 1. The lowest BCUT2D eigenvalue weighted by atomic mass is 9.89. The summed E-state index contributed by atoms with van der Waals surface area (Å²) >= 11 is 1.59. The maximum absolute atomic E-state index is 13.4. The first-order valence-corrected chi connectivity index (χ1v) is 17.0. The van der Waals surface area contributed by atoms with Crippen molar-refractivity contribution < 1.29 is 13.9 Å². The highest BCUT2D eigenvalue weighted by molar-refractivity contribution is 7.23. The summed E-state index contributed by atoms with van der Waals surface area (Å²) < 4.78 is 12.7. The Hall–Kier alpha value is -4.22. The Bertz CT molecular complexity index is 1890. The number of nitrogens with two attached hydrogens (primary N) is 1. The van der Waals surface area contributed by atoms with E-state index < -0.39 is 5.91 Å². The molecule has 1 atom stereocenters. The van der Waals surface area contributed by atoms with Gasteiger partial charge in [0.1, 0.15) is 5.82 Å². The molecule has 2 aliphatic rings. The molecule has 0 radical (unpaired) electrons. The Morgan fingerprint density at radius 2 is 1.93 bits per heavy atom. The molecule has 1 amide bonds. The molecule has 1 aliphatic carbocycles. The minimum Gasteiger partial charge on any atom is -0.421 e. The van der Waals surface area contributed by atoms with Crippen LogP contribution in [0.2, 0.25) is 0 Å². The van der Waals surface area contributed by atoms with Crippen molar-refractivity contribution in [3.05, 3.63) is 70.8 Å². The van der Waals surface area contributed by atoms with E-state index in [1.54, 1.807) is 18.3 Å². The number of nitrogens with zero attached hydrogens (tertiary/aromatic N) is 5. The number of primary amides is 1. The maximum Gasteiger partial charge on any atom is 0.251 e. The lowest BCUT2D eigenvalue weighted by Crippen LogP contribution is -2.20. The van der Waals surface area contributed by atoms with Crippen molar-refractivity contribution in [1.82, 2.24) is 25.1 Å². The van der Waals surface area contributed by atoms with E-state index >= 15 is 0 Å². The van der Waals surface area contributed by atoms with Crippen molar-refractivity contribution in [2.75, 3.05) is 18.5 Å². The summed E-state index contributed by atoms with van der Waals surface area (Å²) in [6.45, 7) is 7.60. The van der Waals surface area contributed by atoms with Crippen molar-refractivity contribution in [3.8, 4) is 21.9 Å². The van der Waals surface area contributed by atoms with Crippen molar-refractivity contribution in [1.29, 1.82) is 0 Å². The molecule has 1 aliphatic heterocycles. The normalized spacial score (nSPS) is 16.7. The second-order valence-corrected chi connectivity index (χ2v) is 13.8. The molecule has 1 fully saturated rings. The zero-order valence-electron chi connectivity index (χ0n) is 26.5. The van der Waals surface area contributed by atoms with Gasteiger partial charge in [-0.3, -0.25) is 14.8 Å². The minimum absolute atomic E-state index is 0.126. The fourth-order valence-corrected chi connectivity index (χ4v) is 8.00. The first kappa shape index (κ1) is 30.4. The Balaban J connectivity index is 1.39. The molecule has 6 heterocycles. The van der Waals surface area contributed by atoms with Gasteiger partial charge in [0.25, 0.3) is 5.91 Å². The van der Waals surface area contributed by atoms with Gasteiger partial charge in [-0.25, -0.2) is 4.98 Å². The third-order valence-electron chi connectivity index (χ3n) is 9.03. The van der Waals surface area contributed by atoms with Crippen LogP contribution in [0.3, 0.4) is 0 Å². The molecule has 46 heavy (non-hydrogen) atoms. The largest absolute Gasteiger partial charge is 0.421 e. The summed E-state index contributed by atoms with van der Waals surface area (Å²) in [7, 11) is 0. The van der Waals surface area contributed by atoms with Crippen LogP contribution in [0.25, 0.3) is 32.0 Å². The fraction of sp³-hybridized carbons (Fsp3) is 0.429. The van der Waals surface area contributed by atoms with Crippen LogP contribution >= 0.6 is 11.3 Å². The molecule has 3 N–H and O–H groups in total. The zero-order valence-corrected chi connectivity index (χ0v) is 27.3. The number of pyridine rings is 3. The summed E-state index contributed by atoms with van der Waals surface area (Å²) in [6, 6.07) is 8.38. The predicted molar refractivity (Wildman–Crippen MR) is 179 cm³/mol. The zero-order chi connectivity index (χ0) is 31.8. The molecule has 0 spiro atoms. The molecule has 1 saturated heterocycles. The third kappa shape index (κ3) is 6.01. The predicted octanol–water partition coefficient (Wildman–Crippen LogP) is 6.87. The number of aromatic nitrogens is 5. The summed E-state index contributed by atoms with van der Waals surface area (Å²) in [4.78, 5) is 28.8. The Labute approximate surface area is 272 Å². The summed E-state index contributed by atoms with van der Waals surface area (Å²) in [5.41, 5.74) is 12.0. The van der Waals surface area contributed by atoms with E-state index in [0.717, 1.165) is 77.5 Å². The quantitative estimate of drug-likeness (QED) is 0.168. The van der Waals surface area contributed by atoms with E-state index in [9.17, 15) is 4.79 Å². The van der Waals surface area contributed by atoms with Gasteiger partial charge in [0, 0.05) is 48.7 Å². The van der Waals surface area contributed by atoms with Gasteiger partial charge in [0.15, 0.2) is 0 Å². The van der Waals surface area contributed by atoms with Gasteiger partial charge < -0.3 is 20.2 Å². The average molecular weight is 638 g/mol. The van der Waals surface area contributed by atoms with Gasteiger partial charge in [0.2, 0.25) is 11.8 Å². The number of rotatable bonds is 10. The van der Waals surface area contributed by atoms with Gasteiger partial charge in [-0.15, -0.1) is 21.5 Å². The van der Waals surface area contributed by atoms with Crippen LogP contribution in [0.4, 0.5) is 5.82 Å². The van der Waals surface area contributed by atoms with Gasteiger partial charge in [0.05, 0.1) is 33.3 Å². The van der Waals surface area contributed by atoms with Crippen molar-refractivity contribution >= 4 is 33.1 Å². The lowest BCUT2D eigenvalue weighted by Gasteiger charge is -2.23. The van der Waals surface area contributed by atoms with E-state index in [0.29, 0.717) is 52.9 Å². The molecule has 1 unspecified atom stereocenters. The standard InChI is InChI=1S/C35H39N7O3S/c1-19(2)17-27-29(33(36)43)31(30(35-42-41-20(3)45-35)26(39-27)7-6-21-11-15-44-16-12-21)28-18-22-10-14-38-34(32(22)46-28)40-25-9-8-24-23(25)5-4-13-37-24/h4-5,10,13-14,18-19,21,25H,6-9,11-12,15-17H2,1-3H3,(H2,36,43)(H,38,40). The molecule has 238 valence electrons. The molecular weight excluding hydrogens is 598 g/mol. The highest BCUT2D eigenvalue weighted by atomic mass is 32.1. The van der Waals surface area contributed by atoms with E-state index in [1.165, 1.54) is 5.56 Å². The Morgan fingerprint density at radius 1 is 1.09 bits per heavy atom. The molecule has 10 nitrogen and oxygen atoms in total. The van der Waals surface area contributed by atoms with Crippen LogP contribution in [-0.2, 0) is 24.0 Å². The average Bonchev–Trinajstić information content (AvgIpc) is 3.78. The molecule has 11 heteroatoms. The first-order valence-electron chi connectivity index (χ1n) is 16.2. The van der Waals surface area contributed by atoms with E-state index in [2.05, 4.69) is 46.5 Å². The number of carbonyl (C=O) groups is 1. The number of hydrogen-bond donors (Lipinski definition) is 2. The van der Waals surface area contributed by atoms with Crippen molar-refractivity contribution in [2.45, 2.75) is 71.8 Å². The van der Waals surface area contributed by atoms with Crippen LogP contribution in [0.15, 0.2) is 41.1 Å². The van der Waals surface area contributed by atoms with Gasteiger partial charge in [-0.05, 0) is 85.9 Å². The molecule has 5 aromatic rings. The Morgan fingerprint density at radius 3 is 2.70 bits per heavy atom. The SMILES string of the molecule is Cc1nnc(-c2c(CCC3CCOCC3)nc(CC(C)C)c(C(N)=O)c2-c2cc3ccnc(NC4CCc5ncccc54)c3s2)o1. The fourth-order valence-electron chi connectivity index (χ4n) is 6.84. The van der Waals surface area contributed by atoms with Crippen LogP contribution in [0, 0.1) is 18.8 Å². The number of ether oxygens (including phenoxy) is 1. The molecule has 5 aromatic heterocycles. The second-order valence-electron chi connectivity index (χ2n) is 12.8. The van der Waals surface area contributed by atoms with E-state index in [4.69, 9.17) is 24.9 Å². The minimum atomic E-state index is -0.518. The topological polar surface area (TPSA) is 142 Å². The van der Waals surface area contributed by atoms with Crippen LogP contribution in [-0.4, -0.2) is 44.3 Å². The molecule has 0 saturated carbocycles. The number of thiophene rings is 1. The van der Waals surface area contributed by atoms with Crippen molar-refractivity contribution in [2.24, 2.45) is 17.6 Å². The maximum atomic E-state index is 13.4. The van der Waals surface area contributed by atoms with Crippen LogP contribution in [0.1, 0.15) is 84.5 Å². The summed E-state index contributed by atoms with van der Waals surface area (Å²) in [6.07, 6.45) is 9.91. The number of aryl methyl sites for hydroxylation is 3. The highest BCUT2D eigenvalue weighted by Gasteiger charge is 2.30. The van der Waals surface area contributed by atoms with E-state index in [-0.39, 0.29) is 12.0 Å². The van der Waals surface area contributed by atoms with Crippen LogP contribution in [0.5, 0.6) is 0 Å². The number of hydrogen-bond acceptors (Lipinski definition) is 10. The summed E-state index contributed by atoms with van der Waals surface area (Å²) in [5.74, 6) is 1.90. The van der Waals surface area contributed by atoms with Crippen LogP contribution < -0.4 is 11.1 Å². The second kappa shape index (κ2) is 12.9. The van der Waals surface area contributed by atoms with E-state index in [1.807, 2.05) is 24.5 Å². The molecule has 0 aromatic carbocycles. The first-order chi connectivity index (χ1) is 22.4. The summed E-state index contributed by atoms with van der Waals surface area (Å²) in [5, 5.41) is 13.3. The smallest absolute Gasteiger partial charge is 0.251 e. The lowest BCUT2D eigenvalue weighted by molar-refractivity contribution is 0.0639. The molecular formula is C35H39N7O3S.